The monoisotopic (exact) mass is 457 g/mol. The molecule has 0 bridgehead atoms. The second kappa shape index (κ2) is 8.24. The van der Waals surface area contributed by atoms with Crippen LogP contribution in [0.3, 0.4) is 0 Å². The first-order valence-electron chi connectivity index (χ1n) is 9.56. The number of rotatable bonds is 6. The molecule has 1 fully saturated rings. The molecule has 2 atom stereocenters. The Hall–Kier alpha value is -2.04. The number of piperidine rings is 1. The lowest BCUT2D eigenvalue weighted by Gasteiger charge is -2.37. The van der Waals surface area contributed by atoms with E-state index in [1.165, 1.54) is 30.3 Å². The van der Waals surface area contributed by atoms with Gasteiger partial charge in [-0.25, -0.2) is 27.1 Å². The average Bonchev–Trinajstić information content (AvgIpc) is 3.02. The van der Waals surface area contributed by atoms with Gasteiger partial charge in [-0.05, 0) is 38.3 Å². The normalized spacial score (nSPS) is 21.0. The Balaban J connectivity index is 1.76. The zero-order chi connectivity index (χ0) is 22.3. The molecule has 1 saturated heterocycles. The van der Waals surface area contributed by atoms with E-state index in [0.29, 0.717) is 41.9 Å². The van der Waals surface area contributed by atoms with Gasteiger partial charge in [-0.3, -0.25) is 4.79 Å². The molecule has 164 valence electrons. The van der Waals surface area contributed by atoms with Gasteiger partial charge in [0.2, 0.25) is 15.9 Å². The Morgan fingerprint density at radius 1 is 1.43 bits per heavy atom. The van der Waals surface area contributed by atoms with Crippen molar-refractivity contribution in [2.24, 2.45) is 17.1 Å². The lowest BCUT2D eigenvalue weighted by molar-refractivity contribution is -0.125. The first-order chi connectivity index (χ1) is 13.9. The van der Waals surface area contributed by atoms with Crippen molar-refractivity contribution in [2.75, 3.05) is 18.8 Å². The van der Waals surface area contributed by atoms with Gasteiger partial charge in [-0.15, -0.1) is 0 Å². The summed E-state index contributed by atoms with van der Waals surface area (Å²) in [5.74, 6) is -1.08. The summed E-state index contributed by atoms with van der Waals surface area (Å²) in [4.78, 5) is 23.0. The molecule has 30 heavy (non-hydrogen) atoms. The zero-order valence-corrected chi connectivity index (χ0v) is 18.6. The summed E-state index contributed by atoms with van der Waals surface area (Å²) in [7, 11) is -3.65. The van der Waals surface area contributed by atoms with E-state index in [1.54, 1.807) is 0 Å². The first kappa shape index (κ1) is 22.6. The number of imidazole rings is 1. The van der Waals surface area contributed by atoms with Crippen molar-refractivity contribution < 1.29 is 17.6 Å². The molecule has 0 aromatic carbocycles. The lowest BCUT2D eigenvalue weighted by Crippen LogP contribution is -2.47. The summed E-state index contributed by atoms with van der Waals surface area (Å²) in [6.07, 6.45) is 1.64. The minimum absolute atomic E-state index is 0.0326. The largest absolute Gasteiger partial charge is 0.369 e. The minimum atomic E-state index is -3.65. The molecule has 1 aliphatic heterocycles. The van der Waals surface area contributed by atoms with Crippen molar-refractivity contribution in [3.8, 4) is 11.5 Å². The third-order valence-electron chi connectivity index (χ3n) is 5.50. The quantitative estimate of drug-likeness (QED) is 0.690. The highest BCUT2D eigenvalue weighted by molar-refractivity contribution is 7.89. The molecule has 0 aliphatic carbocycles. The third-order valence-corrected chi connectivity index (χ3v) is 7.99. The molecule has 0 spiro atoms. The van der Waals surface area contributed by atoms with Gasteiger partial charge >= 0.3 is 0 Å². The maximum Gasteiger partial charge on any atom is 0.224 e. The minimum Gasteiger partial charge on any atom is -0.369 e. The number of H-pyrrole nitrogens is 1. The predicted octanol–water partition coefficient (Wildman–Crippen LogP) is 2.53. The van der Waals surface area contributed by atoms with Crippen LogP contribution in [0.2, 0.25) is 5.15 Å². The summed E-state index contributed by atoms with van der Waals surface area (Å²) in [6.45, 7) is 5.59. The number of hydrogen-bond donors (Lipinski definition) is 2. The molecule has 2 aromatic rings. The number of primary amides is 1. The number of halogens is 2. The lowest BCUT2D eigenvalue weighted by atomic mass is 9.86. The van der Waals surface area contributed by atoms with Gasteiger partial charge in [0.1, 0.15) is 11.5 Å². The van der Waals surface area contributed by atoms with Crippen LogP contribution < -0.4 is 5.73 Å². The fourth-order valence-electron chi connectivity index (χ4n) is 3.66. The van der Waals surface area contributed by atoms with E-state index in [4.69, 9.17) is 17.3 Å². The average molecular weight is 458 g/mol. The summed E-state index contributed by atoms with van der Waals surface area (Å²) in [5, 5.41) is 0.291. The number of carbonyl (C=O) groups is 1. The molecular weight excluding hydrogens is 433 g/mol. The molecule has 0 saturated carbocycles. The van der Waals surface area contributed by atoms with E-state index >= 15 is 0 Å². The van der Waals surface area contributed by atoms with Crippen LogP contribution in [0.4, 0.5) is 4.39 Å². The van der Waals surface area contributed by atoms with E-state index < -0.39 is 27.2 Å². The highest BCUT2D eigenvalue weighted by Gasteiger charge is 2.39. The van der Waals surface area contributed by atoms with Gasteiger partial charge < -0.3 is 10.7 Å². The maximum atomic E-state index is 13.1. The maximum absolute atomic E-state index is 13.1. The number of nitrogens with zero attached hydrogens (tertiary/aromatic N) is 3. The van der Waals surface area contributed by atoms with Gasteiger partial charge in [0.25, 0.3) is 0 Å². The topological polar surface area (TPSA) is 122 Å². The Morgan fingerprint density at radius 3 is 2.70 bits per heavy atom. The molecule has 0 radical (unpaired) electrons. The predicted molar refractivity (Wildman–Crippen MR) is 112 cm³/mol. The number of aromatic amines is 1. The number of aromatic nitrogens is 3. The first-order valence-corrected chi connectivity index (χ1v) is 11.5. The Morgan fingerprint density at radius 2 is 2.13 bits per heavy atom. The van der Waals surface area contributed by atoms with Crippen LogP contribution in [0.25, 0.3) is 11.5 Å². The molecular formula is C19H25ClFN5O3S. The van der Waals surface area contributed by atoms with Crippen molar-refractivity contribution in [1.82, 2.24) is 19.3 Å². The van der Waals surface area contributed by atoms with E-state index in [2.05, 4.69) is 15.0 Å². The smallest absolute Gasteiger partial charge is 0.224 e. The second-order valence-electron chi connectivity index (χ2n) is 8.39. The van der Waals surface area contributed by atoms with Crippen LogP contribution in [0, 0.1) is 17.2 Å². The Kier molecular flexibility index (Phi) is 6.22. The van der Waals surface area contributed by atoms with Crippen LogP contribution >= 0.6 is 11.6 Å². The van der Waals surface area contributed by atoms with Crippen molar-refractivity contribution in [3.05, 3.63) is 35.0 Å². The molecule has 11 heteroatoms. The van der Waals surface area contributed by atoms with E-state index in [9.17, 15) is 17.6 Å². The molecule has 3 heterocycles. The number of pyridine rings is 1. The molecule has 1 aliphatic rings. The number of hydrogen-bond acceptors (Lipinski definition) is 5. The van der Waals surface area contributed by atoms with Crippen molar-refractivity contribution in [1.29, 1.82) is 0 Å². The van der Waals surface area contributed by atoms with Crippen LogP contribution in [-0.2, 0) is 14.8 Å². The van der Waals surface area contributed by atoms with Gasteiger partial charge in [0.05, 0.1) is 23.1 Å². The fraction of sp³-hybridized carbons (Fsp3) is 0.526. The second-order valence-corrected chi connectivity index (χ2v) is 10.7. The summed E-state index contributed by atoms with van der Waals surface area (Å²) in [5.41, 5.74) is 5.36. The zero-order valence-electron chi connectivity index (χ0n) is 17.0. The molecule has 3 rings (SSSR count). The highest BCUT2D eigenvalue weighted by atomic mass is 35.5. The molecule has 3 N–H and O–H groups in total. The number of sulfonamides is 1. The van der Waals surface area contributed by atoms with Crippen molar-refractivity contribution in [2.45, 2.75) is 33.1 Å². The Labute approximate surface area is 180 Å². The number of nitrogens with two attached hydrogens (primary N) is 1. The number of carbonyl (C=O) groups excluding carboxylic acids is 1. The van der Waals surface area contributed by atoms with Crippen molar-refractivity contribution in [3.63, 3.8) is 0 Å². The Bertz CT molecular complexity index is 1040. The molecule has 2 aromatic heterocycles. The molecule has 8 nitrogen and oxygen atoms in total. The van der Waals surface area contributed by atoms with Gasteiger partial charge in [-0.2, -0.15) is 0 Å². The van der Waals surface area contributed by atoms with E-state index in [0.717, 1.165) is 6.20 Å². The van der Waals surface area contributed by atoms with E-state index in [-0.39, 0.29) is 17.6 Å². The van der Waals surface area contributed by atoms with Gasteiger partial charge in [-0.1, -0.05) is 18.5 Å². The third kappa shape index (κ3) is 4.65. The standard InChI is InChI=1S/C19H25ClFN5O3S/c1-11-9-26(30(28,29)10-19(2,3)18(22)27)7-6-13(11)15-16(20)25-17(24-15)14-5-4-12(21)8-23-14/h4-5,8,11,13H,6-7,9-10H2,1-3H3,(H2,22,27)(H,24,25)/t11-,13+/m0/s1. The SMILES string of the molecule is C[C@H]1CN(S(=O)(=O)CC(C)(C)C(N)=O)CC[C@H]1c1[nH]c(-c2ccc(F)cn2)nc1Cl. The van der Waals surface area contributed by atoms with Crippen molar-refractivity contribution >= 4 is 27.5 Å². The summed E-state index contributed by atoms with van der Waals surface area (Å²) < 4.78 is 40.1. The summed E-state index contributed by atoms with van der Waals surface area (Å²) >= 11 is 6.35. The fourth-order valence-corrected chi connectivity index (χ4v) is 6.01. The van der Waals surface area contributed by atoms with E-state index in [1.807, 2.05) is 6.92 Å². The summed E-state index contributed by atoms with van der Waals surface area (Å²) in [6, 6.07) is 2.80. The molecule has 0 unspecified atom stereocenters. The number of amides is 1. The number of nitrogens with one attached hydrogen (secondary N) is 1. The van der Waals surface area contributed by atoms with Gasteiger partial charge in [0.15, 0.2) is 11.0 Å². The molecule has 1 amide bonds. The highest BCUT2D eigenvalue weighted by Crippen LogP contribution is 2.37. The van der Waals surface area contributed by atoms with Crippen LogP contribution in [0.5, 0.6) is 0 Å². The van der Waals surface area contributed by atoms with Crippen LogP contribution in [0.15, 0.2) is 18.3 Å². The van der Waals surface area contributed by atoms with Crippen LogP contribution in [-0.4, -0.2) is 52.4 Å². The van der Waals surface area contributed by atoms with Crippen LogP contribution in [0.1, 0.15) is 38.8 Å². The van der Waals surface area contributed by atoms with Gasteiger partial charge in [0, 0.05) is 19.0 Å².